The number of aromatic nitrogens is 2. The van der Waals surface area contributed by atoms with E-state index in [1.54, 1.807) is 24.3 Å². The van der Waals surface area contributed by atoms with Gasteiger partial charge >= 0.3 is 0 Å². The molecule has 150 valence electrons. The zero-order valence-corrected chi connectivity index (χ0v) is 18.0. The molecule has 0 aliphatic rings. The summed E-state index contributed by atoms with van der Waals surface area (Å²) in [4.78, 5) is 21.0. The van der Waals surface area contributed by atoms with Crippen LogP contribution in [0.1, 0.15) is 48.0 Å². The first-order valence-electron chi connectivity index (χ1n) is 9.00. The van der Waals surface area contributed by atoms with Gasteiger partial charge in [0.2, 0.25) is 5.78 Å². The van der Waals surface area contributed by atoms with Crippen molar-refractivity contribution in [3.8, 4) is 0 Å². The maximum Gasteiger partial charge on any atom is 0.213 e. The molecular formula is C22H21ClN2O3S. The van der Waals surface area contributed by atoms with Crippen LogP contribution < -0.4 is 0 Å². The van der Waals surface area contributed by atoms with E-state index < -0.39 is 15.6 Å². The van der Waals surface area contributed by atoms with Crippen molar-refractivity contribution in [3.05, 3.63) is 88.5 Å². The normalized spacial score (nSPS) is 12.0. The van der Waals surface area contributed by atoms with E-state index in [2.05, 4.69) is 30.7 Å². The maximum atomic E-state index is 13.0. The molecule has 0 saturated heterocycles. The van der Waals surface area contributed by atoms with Gasteiger partial charge in [-0.2, -0.15) is 0 Å². The monoisotopic (exact) mass is 428 g/mol. The fraction of sp³-hybridized carbons (Fsp3) is 0.227. The van der Waals surface area contributed by atoms with Crippen LogP contribution in [0.25, 0.3) is 0 Å². The first-order valence-corrected chi connectivity index (χ1v) is 11.0. The second kappa shape index (κ2) is 8.05. The van der Waals surface area contributed by atoms with Gasteiger partial charge in [-0.3, -0.25) is 9.78 Å². The van der Waals surface area contributed by atoms with Crippen LogP contribution in [0.15, 0.2) is 66.0 Å². The van der Waals surface area contributed by atoms with Gasteiger partial charge in [-0.15, -0.1) is 0 Å². The average molecular weight is 429 g/mol. The van der Waals surface area contributed by atoms with Crippen molar-refractivity contribution in [2.24, 2.45) is 0 Å². The number of halogens is 1. The summed E-state index contributed by atoms with van der Waals surface area (Å²) in [5, 5.41) is 0.341. The van der Waals surface area contributed by atoms with Crippen molar-refractivity contribution in [1.29, 1.82) is 0 Å². The molecule has 29 heavy (non-hydrogen) atoms. The van der Waals surface area contributed by atoms with Gasteiger partial charge in [-0.1, -0.05) is 50.6 Å². The van der Waals surface area contributed by atoms with Crippen LogP contribution in [0.4, 0.5) is 0 Å². The Balaban J connectivity index is 1.96. The molecule has 0 saturated carbocycles. The first kappa shape index (κ1) is 21.1. The number of benzene rings is 2. The zero-order chi connectivity index (χ0) is 21.2. The number of rotatable bonds is 5. The molecule has 5 nitrogen and oxygen atoms in total. The minimum absolute atomic E-state index is 0.0746. The predicted octanol–water partition coefficient (Wildman–Crippen LogP) is 4.63. The van der Waals surface area contributed by atoms with E-state index in [1.807, 2.05) is 12.1 Å². The molecule has 0 radical (unpaired) electrons. The molecule has 0 fully saturated rings. The van der Waals surface area contributed by atoms with Gasteiger partial charge in [0, 0.05) is 23.0 Å². The SMILES string of the molecule is CC(C)(C)c1ccc(S(=O)(=O)Cc2ccc(Cl)cc2C(=O)c2cnccn2)cc1. The molecule has 7 heteroatoms. The van der Waals surface area contributed by atoms with E-state index in [4.69, 9.17) is 11.6 Å². The third kappa shape index (κ3) is 4.89. The number of carbonyl (C=O) groups is 1. The largest absolute Gasteiger partial charge is 0.287 e. The van der Waals surface area contributed by atoms with Crippen molar-refractivity contribution in [2.75, 3.05) is 0 Å². The van der Waals surface area contributed by atoms with Gasteiger partial charge in [0.25, 0.3) is 0 Å². The van der Waals surface area contributed by atoms with Crippen molar-refractivity contribution in [3.63, 3.8) is 0 Å². The summed E-state index contributed by atoms with van der Waals surface area (Å²) < 4.78 is 26.0. The Bertz CT molecular complexity index is 1140. The van der Waals surface area contributed by atoms with Crippen LogP contribution in [-0.4, -0.2) is 24.2 Å². The predicted molar refractivity (Wildman–Crippen MR) is 113 cm³/mol. The van der Waals surface area contributed by atoms with E-state index in [1.165, 1.54) is 24.7 Å². The first-order chi connectivity index (χ1) is 13.6. The molecule has 0 bridgehead atoms. The Morgan fingerprint density at radius 3 is 2.31 bits per heavy atom. The summed E-state index contributed by atoms with van der Waals surface area (Å²) in [6.45, 7) is 6.19. The lowest BCUT2D eigenvalue weighted by Crippen LogP contribution is -2.13. The van der Waals surface area contributed by atoms with E-state index in [0.29, 0.717) is 10.6 Å². The molecule has 1 aromatic heterocycles. The van der Waals surface area contributed by atoms with E-state index in [-0.39, 0.29) is 27.3 Å². The molecule has 3 aromatic rings. The number of nitrogens with zero attached hydrogens (tertiary/aromatic N) is 2. The minimum Gasteiger partial charge on any atom is -0.287 e. The summed E-state index contributed by atoms with van der Waals surface area (Å²) in [6, 6.07) is 11.5. The quantitative estimate of drug-likeness (QED) is 0.553. The summed E-state index contributed by atoms with van der Waals surface area (Å²) >= 11 is 6.06. The second-order valence-corrected chi connectivity index (χ2v) is 10.2. The Kier molecular flexibility index (Phi) is 5.87. The van der Waals surface area contributed by atoms with Gasteiger partial charge in [0.05, 0.1) is 16.8 Å². The van der Waals surface area contributed by atoms with Crippen molar-refractivity contribution >= 4 is 27.2 Å². The molecule has 0 amide bonds. The lowest BCUT2D eigenvalue weighted by atomic mass is 9.87. The van der Waals surface area contributed by atoms with Crippen molar-refractivity contribution in [1.82, 2.24) is 9.97 Å². The number of hydrogen-bond donors (Lipinski definition) is 0. The smallest absolute Gasteiger partial charge is 0.213 e. The third-order valence-corrected chi connectivity index (χ3v) is 6.45. The molecule has 0 aliphatic carbocycles. The molecule has 0 aliphatic heterocycles. The summed E-state index contributed by atoms with van der Waals surface area (Å²) in [5.41, 5.74) is 1.66. The molecule has 3 rings (SSSR count). The topological polar surface area (TPSA) is 77.0 Å². The highest BCUT2D eigenvalue weighted by Gasteiger charge is 2.22. The molecule has 0 spiro atoms. The van der Waals surface area contributed by atoms with Crippen molar-refractivity contribution < 1.29 is 13.2 Å². The van der Waals surface area contributed by atoms with Crippen LogP contribution >= 0.6 is 11.6 Å². The Morgan fingerprint density at radius 1 is 1.03 bits per heavy atom. The van der Waals surface area contributed by atoms with Gasteiger partial charge < -0.3 is 0 Å². The number of hydrogen-bond acceptors (Lipinski definition) is 5. The fourth-order valence-corrected chi connectivity index (χ4v) is 4.44. The lowest BCUT2D eigenvalue weighted by Gasteiger charge is -2.19. The zero-order valence-electron chi connectivity index (χ0n) is 16.4. The molecule has 2 aromatic carbocycles. The third-order valence-electron chi connectivity index (χ3n) is 4.54. The standard InChI is InChI=1S/C22H21ClN2O3S/c1-22(2,3)16-5-8-18(9-6-16)29(27,28)14-15-4-7-17(23)12-19(15)21(26)20-13-24-10-11-25-20/h4-13H,14H2,1-3H3. The maximum absolute atomic E-state index is 13.0. The number of carbonyl (C=O) groups excluding carboxylic acids is 1. The van der Waals surface area contributed by atoms with Crippen LogP contribution in [0.5, 0.6) is 0 Å². The summed E-state index contributed by atoms with van der Waals surface area (Å²) in [7, 11) is -3.66. The van der Waals surface area contributed by atoms with Crippen LogP contribution in [-0.2, 0) is 21.0 Å². The highest BCUT2D eigenvalue weighted by Crippen LogP contribution is 2.26. The summed E-state index contributed by atoms with van der Waals surface area (Å²) in [6.07, 6.45) is 4.21. The number of sulfone groups is 1. The fourth-order valence-electron chi connectivity index (χ4n) is 2.89. The molecule has 0 atom stereocenters. The molecule has 0 N–H and O–H groups in total. The molecule has 1 heterocycles. The van der Waals surface area contributed by atoms with Gasteiger partial charge in [0.15, 0.2) is 9.84 Å². The van der Waals surface area contributed by atoms with Gasteiger partial charge in [0.1, 0.15) is 5.69 Å². The Morgan fingerprint density at radius 2 is 1.72 bits per heavy atom. The number of ketones is 1. The van der Waals surface area contributed by atoms with E-state index >= 15 is 0 Å². The second-order valence-electron chi connectivity index (χ2n) is 7.75. The van der Waals surface area contributed by atoms with Crippen molar-refractivity contribution in [2.45, 2.75) is 36.8 Å². The van der Waals surface area contributed by atoms with Crippen LogP contribution in [0.2, 0.25) is 5.02 Å². The highest BCUT2D eigenvalue weighted by molar-refractivity contribution is 7.90. The average Bonchev–Trinajstić information content (AvgIpc) is 2.69. The Hall–Kier alpha value is -2.57. The van der Waals surface area contributed by atoms with Gasteiger partial charge in [-0.05, 0) is 40.8 Å². The molecule has 0 unspecified atom stereocenters. The lowest BCUT2D eigenvalue weighted by molar-refractivity contribution is 0.103. The Labute approximate surface area is 175 Å². The van der Waals surface area contributed by atoms with Crippen LogP contribution in [0, 0.1) is 0 Å². The van der Waals surface area contributed by atoms with E-state index in [0.717, 1.165) is 5.56 Å². The minimum atomic E-state index is -3.66. The van der Waals surface area contributed by atoms with Gasteiger partial charge in [-0.25, -0.2) is 13.4 Å². The van der Waals surface area contributed by atoms with E-state index in [9.17, 15) is 13.2 Å². The summed E-state index contributed by atoms with van der Waals surface area (Å²) in [5.74, 6) is -0.741. The molecular weight excluding hydrogens is 408 g/mol. The van der Waals surface area contributed by atoms with Crippen LogP contribution in [0.3, 0.4) is 0 Å². The highest BCUT2D eigenvalue weighted by atomic mass is 35.5.